The van der Waals surface area contributed by atoms with Crippen LogP contribution in [0.2, 0.25) is 0 Å². The number of anilines is 2. The van der Waals surface area contributed by atoms with Crippen LogP contribution in [-0.4, -0.2) is 31.4 Å². The molecule has 0 radical (unpaired) electrons. The highest BCUT2D eigenvalue weighted by molar-refractivity contribution is 6.02. The Morgan fingerprint density at radius 1 is 1.12 bits per heavy atom. The van der Waals surface area contributed by atoms with Crippen LogP contribution in [0.25, 0.3) is 0 Å². The normalized spacial score (nSPS) is 14.3. The molecule has 132 valence electrons. The van der Waals surface area contributed by atoms with Crippen LogP contribution in [0.4, 0.5) is 11.4 Å². The van der Waals surface area contributed by atoms with Crippen LogP contribution in [0.5, 0.6) is 0 Å². The molecule has 1 aromatic carbocycles. The number of carbonyl (C=O) groups is 2. The van der Waals surface area contributed by atoms with Crippen LogP contribution in [0.1, 0.15) is 50.9 Å². The standard InChI is InChI=1S/C19H29N3O2/c1-13(2)12-20-19(24)16-11-15(21-18(23)14(3)4)7-8-17(16)22-9-5-6-10-22/h7-8,11,13-14H,5-6,9-10,12H2,1-4H3,(H,20,24)(H,21,23). The van der Waals surface area contributed by atoms with Gasteiger partial charge in [0.2, 0.25) is 5.91 Å². The molecule has 1 aliphatic heterocycles. The molecule has 0 atom stereocenters. The molecule has 0 aromatic heterocycles. The summed E-state index contributed by atoms with van der Waals surface area (Å²) in [6, 6.07) is 5.63. The van der Waals surface area contributed by atoms with Gasteiger partial charge in [-0.1, -0.05) is 27.7 Å². The van der Waals surface area contributed by atoms with Gasteiger partial charge in [-0.15, -0.1) is 0 Å². The lowest BCUT2D eigenvalue weighted by atomic mass is 10.1. The summed E-state index contributed by atoms with van der Waals surface area (Å²) >= 11 is 0. The SMILES string of the molecule is CC(C)CNC(=O)c1cc(NC(=O)C(C)C)ccc1N1CCCC1. The maximum absolute atomic E-state index is 12.6. The highest BCUT2D eigenvalue weighted by Crippen LogP contribution is 2.27. The Balaban J connectivity index is 2.26. The van der Waals surface area contributed by atoms with Crippen LogP contribution in [-0.2, 0) is 4.79 Å². The van der Waals surface area contributed by atoms with Gasteiger partial charge in [-0.05, 0) is 37.0 Å². The van der Waals surface area contributed by atoms with Crippen molar-refractivity contribution >= 4 is 23.2 Å². The van der Waals surface area contributed by atoms with E-state index in [0.29, 0.717) is 23.7 Å². The van der Waals surface area contributed by atoms with Crippen LogP contribution in [0.3, 0.4) is 0 Å². The van der Waals surface area contributed by atoms with Gasteiger partial charge >= 0.3 is 0 Å². The summed E-state index contributed by atoms with van der Waals surface area (Å²) in [4.78, 5) is 26.8. The second kappa shape index (κ2) is 8.18. The highest BCUT2D eigenvalue weighted by atomic mass is 16.2. The number of benzene rings is 1. The lowest BCUT2D eigenvalue weighted by Gasteiger charge is -2.22. The van der Waals surface area contributed by atoms with E-state index in [2.05, 4.69) is 29.4 Å². The van der Waals surface area contributed by atoms with Gasteiger partial charge in [-0.3, -0.25) is 9.59 Å². The predicted molar refractivity (Wildman–Crippen MR) is 98.5 cm³/mol. The molecule has 5 nitrogen and oxygen atoms in total. The number of nitrogens with zero attached hydrogens (tertiary/aromatic N) is 1. The lowest BCUT2D eigenvalue weighted by Crippen LogP contribution is -2.30. The Labute approximate surface area is 144 Å². The summed E-state index contributed by atoms with van der Waals surface area (Å²) in [7, 11) is 0. The minimum Gasteiger partial charge on any atom is -0.371 e. The molecule has 1 heterocycles. The minimum atomic E-state index is -0.0959. The molecule has 2 N–H and O–H groups in total. The Bertz CT molecular complexity index is 590. The minimum absolute atomic E-state index is 0.0440. The topological polar surface area (TPSA) is 61.4 Å². The smallest absolute Gasteiger partial charge is 0.253 e. The third-order valence-electron chi connectivity index (χ3n) is 4.15. The molecule has 2 rings (SSSR count). The first-order valence-corrected chi connectivity index (χ1v) is 8.86. The maximum Gasteiger partial charge on any atom is 0.253 e. The molecule has 2 amide bonds. The summed E-state index contributed by atoms with van der Waals surface area (Å²) in [5.41, 5.74) is 2.27. The molecule has 1 fully saturated rings. The summed E-state index contributed by atoms with van der Waals surface area (Å²) < 4.78 is 0. The number of rotatable bonds is 6. The summed E-state index contributed by atoms with van der Waals surface area (Å²) in [6.07, 6.45) is 2.30. The number of hydrogen-bond acceptors (Lipinski definition) is 3. The molecule has 5 heteroatoms. The molecular weight excluding hydrogens is 302 g/mol. The monoisotopic (exact) mass is 331 g/mol. The van der Waals surface area contributed by atoms with Crippen molar-refractivity contribution in [3.8, 4) is 0 Å². The van der Waals surface area contributed by atoms with Gasteiger partial charge < -0.3 is 15.5 Å². The van der Waals surface area contributed by atoms with Crippen molar-refractivity contribution in [2.45, 2.75) is 40.5 Å². The third kappa shape index (κ3) is 4.73. The fourth-order valence-electron chi connectivity index (χ4n) is 2.71. The fourth-order valence-corrected chi connectivity index (χ4v) is 2.71. The maximum atomic E-state index is 12.6. The van der Waals surface area contributed by atoms with E-state index in [1.165, 1.54) is 0 Å². The fraction of sp³-hybridized carbons (Fsp3) is 0.579. The van der Waals surface area contributed by atoms with Gasteiger partial charge in [0.05, 0.1) is 5.56 Å². The van der Waals surface area contributed by atoms with Crippen molar-refractivity contribution in [1.29, 1.82) is 0 Å². The van der Waals surface area contributed by atoms with Crippen molar-refractivity contribution in [1.82, 2.24) is 5.32 Å². The third-order valence-corrected chi connectivity index (χ3v) is 4.15. The van der Waals surface area contributed by atoms with Gasteiger partial charge in [0, 0.05) is 36.9 Å². The van der Waals surface area contributed by atoms with Gasteiger partial charge in [0.25, 0.3) is 5.91 Å². The molecule has 0 saturated carbocycles. The second-order valence-corrected chi connectivity index (χ2v) is 7.17. The number of nitrogens with one attached hydrogen (secondary N) is 2. The Hall–Kier alpha value is -2.04. The zero-order valence-corrected chi connectivity index (χ0v) is 15.2. The van der Waals surface area contributed by atoms with Crippen LogP contribution in [0, 0.1) is 11.8 Å². The first-order valence-electron chi connectivity index (χ1n) is 8.86. The average Bonchev–Trinajstić information content (AvgIpc) is 3.06. The largest absolute Gasteiger partial charge is 0.371 e. The van der Waals surface area contributed by atoms with E-state index in [1.54, 1.807) is 6.07 Å². The van der Waals surface area contributed by atoms with Crippen LogP contribution >= 0.6 is 0 Å². The van der Waals surface area contributed by atoms with Crippen molar-refractivity contribution in [2.75, 3.05) is 29.9 Å². The second-order valence-electron chi connectivity index (χ2n) is 7.17. The zero-order chi connectivity index (χ0) is 17.7. The molecule has 0 bridgehead atoms. The molecule has 0 unspecified atom stereocenters. The summed E-state index contributed by atoms with van der Waals surface area (Å²) in [6.45, 7) is 10.4. The molecule has 1 aliphatic rings. The van der Waals surface area contributed by atoms with E-state index in [0.717, 1.165) is 31.6 Å². The first kappa shape index (κ1) is 18.3. The zero-order valence-electron chi connectivity index (χ0n) is 15.2. The van der Waals surface area contributed by atoms with Gasteiger partial charge in [-0.25, -0.2) is 0 Å². The summed E-state index contributed by atoms with van der Waals surface area (Å²) in [5, 5.41) is 5.87. The first-order chi connectivity index (χ1) is 11.4. The molecular formula is C19H29N3O2. The number of hydrogen-bond donors (Lipinski definition) is 2. The molecule has 1 saturated heterocycles. The van der Waals surface area contributed by atoms with E-state index >= 15 is 0 Å². The van der Waals surface area contributed by atoms with E-state index < -0.39 is 0 Å². The molecule has 0 spiro atoms. The van der Waals surface area contributed by atoms with Gasteiger partial charge in [0.1, 0.15) is 0 Å². The van der Waals surface area contributed by atoms with Gasteiger partial charge in [0.15, 0.2) is 0 Å². The lowest BCUT2D eigenvalue weighted by molar-refractivity contribution is -0.118. The van der Waals surface area contributed by atoms with Crippen molar-refractivity contribution < 1.29 is 9.59 Å². The Kier molecular flexibility index (Phi) is 6.23. The van der Waals surface area contributed by atoms with E-state index in [9.17, 15) is 9.59 Å². The molecule has 0 aliphatic carbocycles. The van der Waals surface area contributed by atoms with Crippen molar-refractivity contribution in [2.24, 2.45) is 11.8 Å². The van der Waals surface area contributed by atoms with E-state index in [-0.39, 0.29) is 17.7 Å². The van der Waals surface area contributed by atoms with Crippen LogP contribution in [0.15, 0.2) is 18.2 Å². The highest BCUT2D eigenvalue weighted by Gasteiger charge is 2.20. The quantitative estimate of drug-likeness (QED) is 0.841. The Morgan fingerprint density at radius 2 is 1.79 bits per heavy atom. The van der Waals surface area contributed by atoms with Crippen LogP contribution < -0.4 is 15.5 Å². The average molecular weight is 331 g/mol. The van der Waals surface area contributed by atoms with Crippen molar-refractivity contribution in [3.63, 3.8) is 0 Å². The van der Waals surface area contributed by atoms with E-state index in [1.807, 2.05) is 26.0 Å². The van der Waals surface area contributed by atoms with E-state index in [4.69, 9.17) is 0 Å². The summed E-state index contributed by atoms with van der Waals surface area (Å²) in [5.74, 6) is 0.179. The Morgan fingerprint density at radius 3 is 2.38 bits per heavy atom. The number of carbonyl (C=O) groups excluding carboxylic acids is 2. The van der Waals surface area contributed by atoms with Crippen molar-refractivity contribution in [3.05, 3.63) is 23.8 Å². The predicted octanol–water partition coefficient (Wildman–Crippen LogP) is 3.27. The molecule has 24 heavy (non-hydrogen) atoms. The van der Waals surface area contributed by atoms with Gasteiger partial charge in [-0.2, -0.15) is 0 Å². The number of amides is 2. The molecule has 1 aromatic rings.